The average Bonchev–Trinajstić information content (AvgIpc) is 3.10. The predicted molar refractivity (Wildman–Crippen MR) is 106 cm³/mol. The third-order valence-corrected chi connectivity index (χ3v) is 4.24. The van der Waals surface area contributed by atoms with Crippen LogP contribution in [0.25, 0.3) is 22.1 Å². The van der Waals surface area contributed by atoms with Crippen molar-refractivity contribution in [2.75, 3.05) is 23.8 Å². The molecular weight excluding hydrogens is 342 g/mol. The Balaban J connectivity index is 1.75. The molecule has 0 fully saturated rings. The number of anilines is 3. The Morgan fingerprint density at radius 3 is 2.85 bits per heavy atom. The molecule has 27 heavy (non-hydrogen) atoms. The Morgan fingerprint density at radius 2 is 2.04 bits per heavy atom. The van der Waals surface area contributed by atoms with Gasteiger partial charge in [0.25, 0.3) is 0 Å². The van der Waals surface area contributed by atoms with Crippen molar-refractivity contribution in [2.45, 2.75) is 19.9 Å². The van der Waals surface area contributed by atoms with Gasteiger partial charge in [0.2, 0.25) is 5.95 Å². The van der Waals surface area contributed by atoms with Crippen molar-refractivity contribution in [3.8, 4) is 0 Å². The van der Waals surface area contributed by atoms with Crippen LogP contribution in [0.1, 0.15) is 19.9 Å². The third kappa shape index (κ3) is 3.39. The molecule has 0 aliphatic carbocycles. The van der Waals surface area contributed by atoms with Gasteiger partial charge in [0.1, 0.15) is 0 Å². The smallest absolute Gasteiger partial charge is 0.231 e. The number of benzene rings is 1. The lowest BCUT2D eigenvalue weighted by Crippen LogP contribution is -2.10. The summed E-state index contributed by atoms with van der Waals surface area (Å²) in [5.41, 5.74) is 3.23. The summed E-state index contributed by atoms with van der Waals surface area (Å²) in [7, 11) is 0. The molecule has 0 saturated heterocycles. The molecule has 4 aromatic rings. The molecule has 3 N–H and O–H groups in total. The van der Waals surface area contributed by atoms with E-state index in [0.29, 0.717) is 23.8 Å². The van der Waals surface area contributed by atoms with Crippen molar-refractivity contribution in [1.82, 2.24) is 24.5 Å². The zero-order chi connectivity index (χ0) is 18.8. The summed E-state index contributed by atoms with van der Waals surface area (Å²) in [5, 5.41) is 16.6. The maximum absolute atomic E-state index is 9.15. The van der Waals surface area contributed by atoms with E-state index in [0.717, 1.165) is 22.2 Å². The van der Waals surface area contributed by atoms with Gasteiger partial charge in [-0.25, -0.2) is 4.98 Å². The number of aromatic nitrogens is 5. The molecule has 8 nitrogen and oxygen atoms in total. The van der Waals surface area contributed by atoms with Crippen LogP contribution in [0.5, 0.6) is 0 Å². The highest BCUT2D eigenvalue weighted by Gasteiger charge is 2.15. The second kappa shape index (κ2) is 7.16. The van der Waals surface area contributed by atoms with Crippen molar-refractivity contribution in [2.24, 2.45) is 0 Å². The maximum Gasteiger partial charge on any atom is 0.231 e. The van der Waals surface area contributed by atoms with Crippen LogP contribution in [-0.2, 0) is 0 Å². The molecule has 138 valence electrons. The fourth-order valence-electron chi connectivity index (χ4n) is 2.93. The number of nitrogens with one attached hydrogen (secondary N) is 2. The van der Waals surface area contributed by atoms with Crippen molar-refractivity contribution in [3.63, 3.8) is 0 Å². The van der Waals surface area contributed by atoms with Crippen molar-refractivity contribution in [3.05, 3.63) is 42.9 Å². The predicted octanol–water partition coefficient (Wildman–Crippen LogP) is 3.10. The lowest BCUT2D eigenvalue weighted by Gasteiger charge is -2.12. The Morgan fingerprint density at radius 1 is 1.15 bits per heavy atom. The molecule has 0 unspecified atom stereocenters. The zero-order valence-electron chi connectivity index (χ0n) is 15.2. The van der Waals surface area contributed by atoms with E-state index in [2.05, 4.69) is 44.4 Å². The highest BCUT2D eigenvalue weighted by atomic mass is 16.3. The van der Waals surface area contributed by atoms with Crippen LogP contribution in [-0.4, -0.2) is 42.8 Å². The lowest BCUT2D eigenvalue weighted by atomic mass is 10.2. The van der Waals surface area contributed by atoms with E-state index in [1.165, 1.54) is 0 Å². The largest absolute Gasteiger partial charge is 0.395 e. The second-order valence-electron chi connectivity index (χ2n) is 6.50. The monoisotopic (exact) mass is 363 g/mol. The standard InChI is InChI=1S/C19H21N7O/c1-12(2)26-11-22-16-17(21-8-9-27)24-19(25-18(16)26)23-14-5-6-15-13(10-14)4-3-7-20-15/h3-7,10-12,27H,8-9H2,1-2H3,(H2,21,23,24,25). The number of pyridine rings is 1. The maximum atomic E-state index is 9.15. The minimum Gasteiger partial charge on any atom is -0.395 e. The minimum absolute atomic E-state index is 0.0107. The van der Waals surface area contributed by atoms with Crippen molar-refractivity contribution < 1.29 is 5.11 Å². The number of aliphatic hydroxyl groups is 1. The first kappa shape index (κ1) is 17.2. The molecule has 0 radical (unpaired) electrons. The first-order chi connectivity index (χ1) is 13.2. The third-order valence-electron chi connectivity index (χ3n) is 4.24. The molecule has 0 spiro atoms. The van der Waals surface area contributed by atoms with Gasteiger partial charge in [-0.15, -0.1) is 0 Å². The fourth-order valence-corrected chi connectivity index (χ4v) is 2.93. The molecule has 0 atom stereocenters. The molecule has 4 rings (SSSR count). The van der Waals surface area contributed by atoms with Gasteiger partial charge < -0.3 is 20.3 Å². The van der Waals surface area contributed by atoms with Gasteiger partial charge in [0.15, 0.2) is 17.0 Å². The van der Waals surface area contributed by atoms with Gasteiger partial charge in [-0.1, -0.05) is 6.07 Å². The van der Waals surface area contributed by atoms with Gasteiger partial charge in [-0.05, 0) is 38.1 Å². The summed E-state index contributed by atoms with van der Waals surface area (Å²) in [5.74, 6) is 1.06. The molecule has 0 amide bonds. The van der Waals surface area contributed by atoms with Gasteiger partial charge in [-0.3, -0.25) is 4.98 Å². The number of rotatable bonds is 6. The highest BCUT2D eigenvalue weighted by molar-refractivity contribution is 5.86. The van der Waals surface area contributed by atoms with Gasteiger partial charge in [0.05, 0.1) is 18.5 Å². The quantitative estimate of drug-likeness (QED) is 0.484. The van der Waals surface area contributed by atoms with Crippen molar-refractivity contribution in [1.29, 1.82) is 0 Å². The van der Waals surface area contributed by atoms with E-state index < -0.39 is 0 Å². The van der Waals surface area contributed by atoms with Crippen LogP contribution in [0, 0.1) is 0 Å². The van der Waals surface area contributed by atoms with Crippen LogP contribution in [0.2, 0.25) is 0 Å². The molecule has 0 saturated carbocycles. The van der Waals surface area contributed by atoms with E-state index in [9.17, 15) is 0 Å². The molecule has 0 aliphatic rings. The molecule has 3 heterocycles. The minimum atomic E-state index is 0.0107. The van der Waals surface area contributed by atoms with Crippen LogP contribution in [0.4, 0.5) is 17.5 Å². The molecule has 1 aromatic carbocycles. The fraction of sp³-hybridized carbons (Fsp3) is 0.263. The summed E-state index contributed by atoms with van der Waals surface area (Å²) in [6.45, 7) is 4.56. The number of nitrogens with zero attached hydrogens (tertiary/aromatic N) is 5. The number of imidazole rings is 1. The van der Waals surface area contributed by atoms with Crippen LogP contribution < -0.4 is 10.6 Å². The summed E-state index contributed by atoms with van der Waals surface area (Å²) in [4.78, 5) is 18.0. The van der Waals surface area contributed by atoms with Crippen LogP contribution in [0.15, 0.2) is 42.9 Å². The molecule has 3 aromatic heterocycles. The summed E-state index contributed by atoms with van der Waals surface area (Å²) < 4.78 is 2.00. The summed E-state index contributed by atoms with van der Waals surface area (Å²) in [6.07, 6.45) is 3.54. The topological polar surface area (TPSA) is 101 Å². The first-order valence-corrected chi connectivity index (χ1v) is 8.87. The lowest BCUT2D eigenvalue weighted by molar-refractivity contribution is 0.311. The molecule has 0 aliphatic heterocycles. The Kier molecular flexibility index (Phi) is 4.55. The summed E-state index contributed by atoms with van der Waals surface area (Å²) in [6, 6.07) is 10.1. The van der Waals surface area contributed by atoms with Gasteiger partial charge in [-0.2, -0.15) is 9.97 Å². The second-order valence-corrected chi connectivity index (χ2v) is 6.50. The summed E-state index contributed by atoms with van der Waals surface area (Å²) >= 11 is 0. The number of hydrogen-bond acceptors (Lipinski definition) is 7. The van der Waals surface area contributed by atoms with Crippen molar-refractivity contribution >= 4 is 39.5 Å². The van der Waals surface area contributed by atoms with Crippen LogP contribution >= 0.6 is 0 Å². The zero-order valence-corrected chi connectivity index (χ0v) is 15.2. The van der Waals surface area contributed by atoms with E-state index in [4.69, 9.17) is 5.11 Å². The Bertz CT molecular complexity index is 1090. The Hall–Kier alpha value is -3.26. The normalized spacial score (nSPS) is 11.4. The number of fused-ring (bicyclic) bond motifs is 2. The van der Waals surface area contributed by atoms with E-state index in [-0.39, 0.29) is 12.6 Å². The van der Waals surface area contributed by atoms with E-state index in [1.54, 1.807) is 12.5 Å². The average molecular weight is 363 g/mol. The van der Waals surface area contributed by atoms with E-state index in [1.807, 2.05) is 34.9 Å². The van der Waals surface area contributed by atoms with E-state index >= 15 is 0 Å². The SMILES string of the molecule is CC(C)n1cnc2c(NCCO)nc(Nc3ccc4ncccc4c3)nc21. The Labute approximate surface area is 156 Å². The molecular formula is C19H21N7O. The molecule has 8 heteroatoms. The first-order valence-electron chi connectivity index (χ1n) is 8.87. The van der Waals surface area contributed by atoms with Gasteiger partial charge >= 0.3 is 0 Å². The van der Waals surface area contributed by atoms with Gasteiger partial charge in [0, 0.05) is 29.9 Å². The number of hydrogen-bond donors (Lipinski definition) is 3. The number of aliphatic hydroxyl groups excluding tert-OH is 1. The molecule has 0 bridgehead atoms. The highest BCUT2D eigenvalue weighted by Crippen LogP contribution is 2.25. The van der Waals surface area contributed by atoms with Crippen LogP contribution in [0.3, 0.4) is 0 Å².